The minimum absolute atomic E-state index is 0.0750. The summed E-state index contributed by atoms with van der Waals surface area (Å²) in [7, 11) is 0. The summed E-state index contributed by atoms with van der Waals surface area (Å²) in [6, 6.07) is 9.46. The number of benzene rings is 1. The Hall–Kier alpha value is -1.72. The van der Waals surface area contributed by atoms with E-state index < -0.39 is 0 Å². The fourth-order valence-electron chi connectivity index (χ4n) is 4.23. The van der Waals surface area contributed by atoms with E-state index in [1.165, 1.54) is 29.4 Å². The Morgan fingerprint density at radius 1 is 0.967 bits per heavy atom. The highest BCUT2D eigenvalue weighted by molar-refractivity contribution is 7.13. The average molecular weight is 430 g/mol. The van der Waals surface area contributed by atoms with Gasteiger partial charge in [0.05, 0.1) is 5.69 Å². The maximum Gasteiger partial charge on any atom is 0.223 e. The lowest BCUT2D eigenvalue weighted by atomic mass is 9.72. The lowest BCUT2D eigenvalue weighted by Crippen LogP contribution is -2.49. The molecule has 2 rings (SSSR count). The number of rotatable bonds is 9. The third-order valence-electron chi connectivity index (χ3n) is 5.25. The van der Waals surface area contributed by atoms with Crippen LogP contribution in [-0.2, 0) is 24.1 Å². The maximum atomic E-state index is 11.1. The molecule has 1 aromatic heterocycles. The van der Waals surface area contributed by atoms with Crippen LogP contribution >= 0.6 is 11.3 Å². The summed E-state index contributed by atoms with van der Waals surface area (Å²) in [6.07, 6.45) is 4.09. The Labute approximate surface area is 186 Å². The van der Waals surface area contributed by atoms with Gasteiger partial charge in [-0.2, -0.15) is 0 Å². The molecule has 0 aliphatic heterocycles. The van der Waals surface area contributed by atoms with Crippen LogP contribution in [0.15, 0.2) is 29.6 Å². The van der Waals surface area contributed by atoms with Crippen LogP contribution in [0.25, 0.3) is 0 Å². The summed E-state index contributed by atoms with van der Waals surface area (Å²) in [5.41, 5.74) is 4.25. The molecule has 0 fully saturated rings. The van der Waals surface area contributed by atoms with E-state index in [-0.39, 0.29) is 16.7 Å². The van der Waals surface area contributed by atoms with Gasteiger partial charge in [-0.15, -0.1) is 11.3 Å². The van der Waals surface area contributed by atoms with Gasteiger partial charge >= 0.3 is 0 Å². The topological polar surface area (TPSA) is 54.0 Å². The van der Waals surface area contributed by atoms with Crippen molar-refractivity contribution in [2.45, 2.75) is 80.2 Å². The molecule has 0 bridgehead atoms. The van der Waals surface area contributed by atoms with Crippen molar-refractivity contribution in [3.63, 3.8) is 0 Å². The first-order valence-corrected chi connectivity index (χ1v) is 11.9. The zero-order valence-corrected chi connectivity index (χ0v) is 20.6. The average Bonchev–Trinajstić information content (AvgIpc) is 3.05. The maximum absolute atomic E-state index is 11.1. The molecule has 5 heteroatoms. The predicted molar refractivity (Wildman–Crippen MR) is 129 cm³/mol. The van der Waals surface area contributed by atoms with Gasteiger partial charge in [-0.05, 0) is 54.2 Å². The normalized spacial score (nSPS) is 12.4. The molecule has 30 heavy (non-hydrogen) atoms. The van der Waals surface area contributed by atoms with Crippen LogP contribution in [0.4, 0.5) is 5.13 Å². The number of carbonyl (C=O) groups is 1. The fourth-order valence-corrected chi connectivity index (χ4v) is 5.02. The monoisotopic (exact) mass is 429 g/mol. The summed E-state index contributed by atoms with van der Waals surface area (Å²) >= 11 is 1.48. The second-order valence-corrected chi connectivity index (χ2v) is 11.2. The summed E-state index contributed by atoms with van der Waals surface area (Å²) in [6.45, 7) is 16.5. The molecule has 0 aliphatic rings. The van der Waals surface area contributed by atoms with Gasteiger partial charge in [0.15, 0.2) is 5.13 Å². The molecule has 0 unspecified atom stereocenters. The summed E-state index contributed by atoms with van der Waals surface area (Å²) in [4.78, 5) is 15.6. The highest BCUT2D eigenvalue weighted by Gasteiger charge is 2.33. The Kier molecular flexibility index (Phi) is 8.62. The van der Waals surface area contributed by atoms with Crippen molar-refractivity contribution in [1.29, 1.82) is 0 Å². The van der Waals surface area contributed by atoms with Gasteiger partial charge in [0.25, 0.3) is 0 Å². The number of amides is 1. The van der Waals surface area contributed by atoms with Crippen molar-refractivity contribution in [2.75, 3.05) is 11.9 Å². The van der Waals surface area contributed by atoms with Crippen molar-refractivity contribution in [1.82, 2.24) is 10.3 Å². The molecule has 1 heterocycles. The predicted octanol–water partition coefficient (Wildman–Crippen LogP) is 5.87. The molecule has 0 aliphatic carbocycles. The van der Waals surface area contributed by atoms with E-state index in [0.29, 0.717) is 11.2 Å². The quantitative estimate of drug-likeness (QED) is 0.490. The Bertz CT molecular complexity index is 783. The van der Waals surface area contributed by atoms with E-state index in [4.69, 9.17) is 0 Å². The lowest BCUT2D eigenvalue weighted by molar-refractivity contribution is -0.114. The third-order valence-corrected chi connectivity index (χ3v) is 6.06. The molecule has 1 amide bonds. The molecule has 0 radical (unpaired) electrons. The molecule has 2 aromatic rings. The minimum Gasteiger partial charge on any atom is -0.313 e. The minimum atomic E-state index is -0.0750. The molecule has 166 valence electrons. The van der Waals surface area contributed by atoms with Crippen molar-refractivity contribution in [2.24, 2.45) is 10.8 Å². The van der Waals surface area contributed by atoms with Crippen LogP contribution in [0.2, 0.25) is 0 Å². The van der Waals surface area contributed by atoms with E-state index in [1.807, 2.05) is 5.38 Å². The van der Waals surface area contributed by atoms with Gasteiger partial charge in [0.2, 0.25) is 5.91 Å². The van der Waals surface area contributed by atoms with E-state index in [0.717, 1.165) is 37.9 Å². The van der Waals surface area contributed by atoms with Gasteiger partial charge in [-0.1, -0.05) is 65.8 Å². The summed E-state index contributed by atoms with van der Waals surface area (Å²) in [5.74, 6) is -0.0750. The molecular weight excluding hydrogens is 390 g/mol. The zero-order valence-electron chi connectivity index (χ0n) is 19.8. The van der Waals surface area contributed by atoms with E-state index in [2.05, 4.69) is 81.4 Å². The number of anilines is 1. The zero-order chi connectivity index (χ0) is 22.4. The molecular formula is C25H39N3OS. The van der Waals surface area contributed by atoms with Crippen molar-refractivity contribution in [3.8, 4) is 0 Å². The number of nitrogens with one attached hydrogen (secondary N) is 2. The van der Waals surface area contributed by atoms with Gasteiger partial charge in [0.1, 0.15) is 0 Å². The number of hydrogen-bond acceptors (Lipinski definition) is 4. The van der Waals surface area contributed by atoms with Crippen molar-refractivity contribution in [3.05, 3.63) is 46.5 Å². The third kappa shape index (κ3) is 8.19. The van der Waals surface area contributed by atoms with E-state index in [9.17, 15) is 4.79 Å². The summed E-state index contributed by atoms with van der Waals surface area (Å²) in [5, 5.41) is 9.25. The molecule has 1 aromatic carbocycles. The van der Waals surface area contributed by atoms with Crippen LogP contribution in [0.5, 0.6) is 0 Å². The van der Waals surface area contributed by atoms with Gasteiger partial charge in [-0.25, -0.2) is 4.98 Å². The van der Waals surface area contributed by atoms with Crippen LogP contribution in [0.1, 0.15) is 71.7 Å². The van der Waals surface area contributed by atoms with Crippen LogP contribution in [-0.4, -0.2) is 23.5 Å². The Morgan fingerprint density at radius 3 is 2.07 bits per heavy atom. The standard InChI is InChI=1S/C25H39N3OS/c1-18(29)27-23-28-21(17-30-23)15-14-20-12-10-19(11-13-20)9-8-16-26-22(24(2,3)4)25(5,6)7/h10-13,17,22,26H,8-9,14-16H2,1-7H3,(H,27,28,29). The van der Waals surface area contributed by atoms with Gasteiger partial charge in [-0.3, -0.25) is 4.79 Å². The largest absolute Gasteiger partial charge is 0.313 e. The van der Waals surface area contributed by atoms with Crippen molar-refractivity contribution < 1.29 is 4.79 Å². The lowest BCUT2D eigenvalue weighted by Gasteiger charge is -2.41. The number of aromatic nitrogens is 1. The molecule has 0 saturated heterocycles. The van der Waals surface area contributed by atoms with Crippen LogP contribution < -0.4 is 10.6 Å². The van der Waals surface area contributed by atoms with Crippen LogP contribution in [0, 0.1) is 10.8 Å². The van der Waals surface area contributed by atoms with Crippen LogP contribution in [0.3, 0.4) is 0 Å². The van der Waals surface area contributed by atoms with Gasteiger partial charge in [0, 0.05) is 18.3 Å². The number of carbonyl (C=O) groups excluding carboxylic acids is 1. The number of thiazole rings is 1. The Morgan fingerprint density at radius 2 is 1.53 bits per heavy atom. The molecule has 4 nitrogen and oxygen atoms in total. The van der Waals surface area contributed by atoms with E-state index in [1.54, 1.807) is 0 Å². The highest BCUT2D eigenvalue weighted by atomic mass is 32.1. The second kappa shape index (κ2) is 10.5. The Balaban J connectivity index is 1.76. The fraction of sp³-hybridized carbons (Fsp3) is 0.600. The SMILES string of the molecule is CC(=O)Nc1nc(CCc2ccc(CCCNC(C(C)(C)C)C(C)(C)C)cc2)cs1. The highest BCUT2D eigenvalue weighted by Crippen LogP contribution is 2.33. The second-order valence-electron chi connectivity index (χ2n) is 10.4. The van der Waals surface area contributed by atoms with E-state index >= 15 is 0 Å². The summed E-state index contributed by atoms with van der Waals surface area (Å²) < 4.78 is 0. The molecule has 0 spiro atoms. The number of hydrogen-bond donors (Lipinski definition) is 2. The molecule has 2 N–H and O–H groups in total. The first-order valence-electron chi connectivity index (χ1n) is 11.0. The number of aryl methyl sites for hydroxylation is 3. The molecule has 0 saturated carbocycles. The number of nitrogens with zero attached hydrogens (tertiary/aromatic N) is 1. The molecule has 0 atom stereocenters. The first-order chi connectivity index (χ1) is 13.9. The first kappa shape index (κ1) is 24.5. The van der Waals surface area contributed by atoms with Crippen molar-refractivity contribution >= 4 is 22.4 Å². The smallest absolute Gasteiger partial charge is 0.223 e. The van der Waals surface area contributed by atoms with Gasteiger partial charge < -0.3 is 10.6 Å².